The molecule has 17 heteroatoms. The molecule has 3 aromatic heterocycles. The van der Waals surface area contributed by atoms with Crippen LogP contribution in [0.15, 0.2) is 48.5 Å². The van der Waals surface area contributed by atoms with Gasteiger partial charge in [-0.1, -0.05) is 146 Å². The minimum absolute atomic E-state index is 0. The van der Waals surface area contributed by atoms with Crippen LogP contribution in [0.5, 0.6) is 11.5 Å². The SMILES string of the molecule is CC(C)COc1c(Cl)c(Cl)c2c(c1Cl)-c1nc-2nc2[n-]c(nc3nc(nc4[n-]c(n1)c1c(Cl)c(OCC(C)C)c(Cl)c(Cl)c41)-c1ccccc1-3)c1ccccc21.[Zn+2]. The van der Waals surface area contributed by atoms with Crippen molar-refractivity contribution in [3.8, 4) is 57.1 Å². The van der Waals surface area contributed by atoms with Crippen molar-refractivity contribution < 1.29 is 29.0 Å². The molecule has 9 rings (SSSR count). The summed E-state index contributed by atoms with van der Waals surface area (Å²) >= 11 is 42.3. The molecule has 0 radical (unpaired) electrons. The van der Waals surface area contributed by atoms with Crippen LogP contribution in [0.3, 0.4) is 0 Å². The van der Waals surface area contributed by atoms with E-state index in [-0.39, 0.29) is 95.9 Å². The van der Waals surface area contributed by atoms with E-state index in [1.54, 1.807) is 0 Å². The summed E-state index contributed by atoms with van der Waals surface area (Å²) < 4.78 is 12.2. The number of benzene rings is 4. The molecule has 0 N–H and O–H groups in total. The van der Waals surface area contributed by atoms with E-state index in [1.165, 1.54) is 0 Å². The molecule has 0 spiro atoms. The van der Waals surface area contributed by atoms with Gasteiger partial charge in [-0.2, -0.15) is 0 Å². The predicted molar refractivity (Wildman–Crippen MR) is 225 cm³/mol. The third-order valence-corrected chi connectivity index (χ3v) is 11.5. The number of fused-ring (bicyclic) bond motifs is 20. The van der Waals surface area contributed by atoms with Gasteiger partial charge in [0, 0.05) is 55.6 Å². The van der Waals surface area contributed by atoms with Crippen molar-refractivity contribution in [3.05, 3.63) is 78.7 Å². The predicted octanol–water partition coefficient (Wildman–Crippen LogP) is 12.1. The number of nitrogens with zero attached hydrogens (tertiary/aromatic N) is 8. The zero-order chi connectivity index (χ0) is 39.2. The van der Waals surface area contributed by atoms with Gasteiger partial charge in [-0.05, 0) is 22.6 Å². The first-order chi connectivity index (χ1) is 26.9. The second-order valence-corrected chi connectivity index (χ2v) is 16.3. The molecule has 0 fully saturated rings. The minimum atomic E-state index is 0. The number of hydrogen-bond donors (Lipinski definition) is 0. The van der Waals surface area contributed by atoms with Crippen molar-refractivity contribution in [1.82, 2.24) is 39.9 Å². The summed E-state index contributed by atoms with van der Waals surface area (Å²) in [5.74, 6) is 1.63. The first-order valence-corrected chi connectivity index (χ1v) is 19.7. The molecule has 2 aliphatic rings. The van der Waals surface area contributed by atoms with Crippen molar-refractivity contribution in [2.24, 2.45) is 11.8 Å². The summed E-state index contributed by atoms with van der Waals surface area (Å²) in [6.45, 7) is 8.64. The Morgan fingerprint density at radius 1 is 0.474 bits per heavy atom. The van der Waals surface area contributed by atoms with E-state index in [0.717, 1.165) is 21.9 Å². The third-order valence-electron chi connectivity index (χ3n) is 9.09. The smallest absolute Gasteiger partial charge is 0.490 e. The molecule has 0 unspecified atom stereocenters. The maximum absolute atomic E-state index is 7.17. The van der Waals surface area contributed by atoms with Crippen LogP contribution < -0.4 is 19.4 Å². The molecule has 10 nitrogen and oxygen atoms in total. The van der Waals surface area contributed by atoms with E-state index in [1.807, 2.05) is 76.2 Å². The molecule has 8 bridgehead atoms. The molecule has 5 heterocycles. The first kappa shape index (κ1) is 40.0. The van der Waals surface area contributed by atoms with E-state index in [9.17, 15) is 0 Å². The maximum atomic E-state index is 7.17. The zero-order valence-electron chi connectivity index (χ0n) is 30.6. The van der Waals surface area contributed by atoms with Crippen LogP contribution in [-0.2, 0) is 19.5 Å². The zero-order valence-corrected chi connectivity index (χ0v) is 38.1. The van der Waals surface area contributed by atoms with Crippen molar-refractivity contribution in [3.63, 3.8) is 0 Å². The van der Waals surface area contributed by atoms with Crippen LogP contribution in [-0.4, -0.2) is 43.1 Å². The Morgan fingerprint density at radius 3 is 1.44 bits per heavy atom. The second kappa shape index (κ2) is 15.4. The number of rotatable bonds is 6. The topological polar surface area (TPSA) is 124 Å². The van der Waals surface area contributed by atoms with Gasteiger partial charge in [-0.15, -0.1) is 0 Å². The largest absolute Gasteiger partial charge is 2.00 e. The average molecular weight is 929 g/mol. The molecule has 0 saturated carbocycles. The molecule has 0 aliphatic carbocycles. The summed E-state index contributed by atoms with van der Waals surface area (Å²) in [7, 11) is 0. The van der Waals surface area contributed by atoms with Gasteiger partial charge < -0.3 is 39.4 Å². The van der Waals surface area contributed by atoms with Crippen LogP contribution >= 0.6 is 69.6 Å². The molecule has 2 aliphatic heterocycles. The summed E-state index contributed by atoms with van der Waals surface area (Å²) in [6, 6.07) is 15.2. The van der Waals surface area contributed by atoms with Gasteiger partial charge in [-0.3, -0.25) is 0 Å². The number of aromatic nitrogens is 8. The van der Waals surface area contributed by atoms with Gasteiger partial charge in [0.2, 0.25) is 0 Å². The quantitative estimate of drug-likeness (QED) is 0.118. The standard InChI is InChI=1S/C40H26Cl6N8O2.Zn/c1-15(2)13-55-31-27(43)23-21(25(41)29(31)45)37-50-35-19-11-7-5-9-17(19)33(48-35)47-34-18-10-6-8-12-20(18)36(49-34)51-38-22-24(40(53-38)54-39(23)52-37)28(44)32(30(46)26(22)42)56-14-16(3)4;/h5-12,15-16H,13-14H2,1-4H3;/q-2;+2. The molecule has 4 aromatic carbocycles. The van der Waals surface area contributed by atoms with Gasteiger partial charge in [0.05, 0.1) is 56.6 Å². The summed E-state index contributed by atoms with van der Waals surface area (Å²) in [5, 5.41) is 2.79. The minimum Gasteiger partial charge on any atom is -0.490 e. The van der Waals surface area contributed by atoms with Gasteiger partial charge in [0.15, 0.2) is 11.5 Å². The van der Waals surface area contributed by atoms with Gasteiger partial charge in [0.1, 0.15) is 10.0 Å². The number of ether oxygens (including phenoxy) is 2. The van der Waals surface area contributed by atoms with Crippen molar-refractivity contribution >= 4 is 114 Å². The molecule has 57 heavy (non-hydrogen) atoms. The summed E-state index contributed by atoms with van der Waals surface area (Å²) in [5.41, 5.74) is 3.08. The molecule has 0 atom stereocenters. The monoisotopic (exact) mass is 924 g/mol. The summed E-state index contributed by atoms with van der Waals surface area (Å²) in [4.78, 5) is 39.5. The van der Waals surface area contributed by atoms with E-state index >= 15 is 0 Å². The van der Waals surface area contributed by atoms with E-state index in [2.05, 4.69) is 0 Å². The molecule has 0 amide bonds. The van der Waals surface area contributed by atoms with Crippen molar-refractivity contribution in [1.29, 1.82) is 0 Å². The number of halogens is 6. The Kier molecular flexibility index (Phi) is 10.8. The Morgan fingerprint density at radius 2 is 0.877 bits per heavy atom. The molecule has 0 saturated heterocycles. The Bertz CT molecular complexity index is 2990. The van der Waals surface area contributed by atoms with Crippen LogP contribution in [0.25, 0.3) is 89.7 Å². The Balaban J connectivity index is 0.00000455. The fourth-order valence-corrected chi connectivity index (χ4v) is 8.32. The van der Waals surface area contributed by atoms with Crippen molar-refractivity contribution in [2.75, 3.05) is 13.2 Å². The van der Waals surface area contributed by atoms with Crippen LogP contribution in [0.2, 0.25) is 30.1 Å². The first-order valence-electron chi connectivity index (χ1n) is 17.5. The van der Waals surface area contributed by atoms with Crippen LogP contribution in [0.1, 0.15) is 27.7 Å². The second-order valence-electron chi connectivity index (χ2n) is 14.0. The fourth-order valence-electron chi connectivity index (χ4n) is 6.55. The van der Waals surface area contributed by atoms with E-state index < -0.39 is 0 Å². The molecule has 7 aromatic rings. The fraction of sp³-hybridized carbons (Fsp3) is 0.200. The molecular formula is C40H26Cl6N8O2Zn. The molecule has 282 valence electrons. The van der Waals surface area contributed by atoms with Gasteiger partial charge in [-0.25, -0.2) is 9.97 Å². The van der Waals surface area contributed by atoms with Gasteiger partial charge >= 0.3 is 19.5 Å². The van der Waals surface area contributed by atoms with Crippen LogP contribution in [0, 0.1) is 11.8 Å². The maximum Gasteiger partial charge on any atom is 2.00 e. The van der Waals surface area contributed by atoms with Gasteiger partial charge in [0.25, 0.3) is 0 Å². The average Bonchev–Trinajstić information content (AvgIpc) is 3.91. The Labute approximate surface area is 368 Å². The van der Waals surface area contributed by atoms with E-state index in [0.29, 0.717) is 58.1 Å². The number of hydrogen-bond acceptors (Lipinski definition) is 8. The third kappa shape index (κ3) is 6.69. The Hall–Kier alpha value is -3.80. The molecular weight excluding hydrogens is 903 g/mol. The van der Waals surface area contributed by atoms with E-state index in [4.69, 9.17) is 119 Å². The summed E-state index contributed by atoms with van der Waals surface area (Å²) in [6.07, 6.45) is 0. The van der Waals surface area contributed by atoms with Crippen molar-refractivity contribution in [2.45, 2.75) is 27.7 Å². The van der Waals surface area contributed by atoms with Crippen LogP contribution in [0.4, 0.5) is 0 Å². The normalized spacial score (nSPS) is 12.0.